The Morgan fingerprint density at radius 3 is 1.39 bits per heavy atom. The van der Waals surface area contributed by atoms with Crippen molar-refractivity contribution in [3.8, 4) is 33.4 Å². The number of hydrogen-bond donors (Lipinski definition) is 0. The zero-order valence-corrected chi connectivity index (χ0v) is 40.5. The van der Waals surface area contributed by atoms with Gasteiger partial charge in [0.05, 0.1) is 0 Å². The molecule has 1 aliphatic heterocycles. The summed E-state index contributed by atoms with van der Waals surface area (Å²) in [5.74, 6) is 0. The van der Waals surface area contributed by atoms with Crippen molar-refractivity contribution in [2.45, 2.75) is 48.8 Å². The molecule has 2 unspecified atom stereocenters. The van der Waals surface area contributed by atoms with Gasteiger partial charge in [-0.15, -0.1) is 0 Å². The van der Waals surface area contributed by atoms with Gasteiger partial charge in [-0.05, 0) is 0 Å². The molecule has 0 fully saturated rings. The predicted molar refractivity (Wildman–Crippen MR) is 266 cm³/mol. The molecule has 0 N–H and O–H groups in total. The standard InChI is InChI=1S/2C24H21.C12H9Si.Zr/c2*1-16-12-17(2)18(3)23(13-16)22-11-7-10-20-14-21(15-24(20)22)19-8-5-4-6-9-19;1-3-7-11-9(5-1)10-6-2-4-8-12(10)13-11;/h2*4-15H,1-3H3;1-7H,13H2;. The van der Waals surface area contributed by atoms with Gasteiger partial charge >= 0.3 is 381 Å². The van der Waals surface area contributed by atoms with Crippen LogP contribution in [0, 0.1) is 41.5 Å². The van der Waals surface area contributed by atoms with E-state index >= 15 is 0 Å². The van der Waals surface area contributed by atoms with Gasteiger partial charge in [0.1, 0.15) is 0 Å². The molecule has 8 aromatic rings. The summed E-state index contributed by atoms with van der Waals surface area (Å²) in [5.41, 5.74) is 28.1. The van der Waals surface area contributed by atoms with E-state index in [2.05, 4.69) is 217 Å². The van der Waals surface area contributed by atoms with Crippen molar-refractivity contribution in [3.05, 3.63) is 231 Å². The summed E-state index contributed by atoms with van der Waals surface area (Å²) in [4.78, 5) is 0. The first-order chi connectivity index (χ1) is 30.2. The zero-order chi connectivity index (χ0) is 42.2. The Bertz CT molecular complexity index is 3000. The Morgan fingerprint density at radius 1 is 0.403 bits per heavy atom. The van der Waals surface area contributed by atoms with E-state index in [1.54, 1.807) is 13.6 Å². The molecule has 0 nitrogen and oxygen atoms in total. The van der Waals surface area contributed by atoms with Crippen LogP contribution in [0.3, 0.4) is 0 Å². The van der Waals surface area contributed by atoms with Crippen molar-refractivity contribution in [1.29, 1.82) is 0 Å². The number of fused-ring (bicyclic) bond motifs is 5. The third-order valence-corrected chi connectivity index (χ3v) is 26.1. The van der Waals surface area contributed by atoms with Crippen LogP contribution in [0.15, 0.2) is 164 Å². The van der Waals surface area contributed by atoms with E-state index in [0.717, 1.165) is 0 Å². The van der Waals surface area contributed by atoms with Gasteiger partial charge in [0, 0.05) is 0 Å². The average molecular weight is 891 g/mol. The van der Waals surface area contributed by atoms with Crippen LogP contribution >= 0.6 is 0 Å². The van der Waals surface area contributed by atoms with E-state index in [-0.39, 0.29) is 0 Å². The normalized spacial score (nSPS) is 16.1. The van der Waals surface area contributed by atoms with Gasteiger partial charge in [-0.1, -0.05) is 0 Å². The molecule has 2 aliphatic carbocycles. The molecule has 0 spiro atoms. The molecule has 11 rings (SSSR count). The third-order valence-electron chi connectivity index (χ3n) is 14.3. The third kappa shape index (κ3) is 6.41. The molecular formula is C60H51SiZr. The van der Waals surface area contributed by atoms with Gasteiger partial charge in [-0.3, -0.25) is 0 Å². The van der Waals surface area contributed by atoms with Crippen LogP contribution in [0.5, 0.6) is 0 Å². The summed E-state index contributed by atoms with van der Waals surface area (Å²) in [6.45, 7) is 13.7. The van der Waals surface area contributed by atoms with Gasteiger partial charge in [-0.25, -0.2) is 0 Å². The van der Waals surface area contributed by atoms with E-state index in [1.165, 1.54) is 111 Å². The minimum absolute atomic E-state index is 0.292. The van der Waals surface area contributed by atoms with E-state index in [4.69, 9.17) is 0 Å². The number of rotatable bonds is 7. The van der Waals surface area contributed by atoms with Crippen molar-refractivity contribution >= 4 is 46.5 Å². The van der Waals surface area contributed by atoms with Gasteiger partial charge in [0.15, 0.2) is 0 Å². The van der Waals surface area contributed by atoms with Gasteiger partial charge in [0.25, 0.3) is 0 Å². The van der Waals surface area contributed by atoms with Crippen LogP contribution in [0.4, 0.5) is 0 Å². The fourth-order valence-electron chi connectivity index (χ4n) is 11.3. The van der Waals surface area contributed by atoms with Crippen LogP contribution in [0.25, 0.3) is 56.7 Å². The van der Waals surface area contributed by atoms with Crippen molar-refractivity contribution in [2.24, 2.45) is 0 Å². The summed E-state index contributed by atoms with van der Waals surface area (Å²) < 4.78 is 2.30. The summed E-state index contributed by atoms with van der Waals surface area (Å²) >= 11 is -3.16. The Labute approximate surface area is 378 Å². The summed E-state index contributed by atoms with van der Waals surface area (Å²) in [6.07, 6.45) is 5.27. The molecule has 2 heteroatoms. The molecule has 0 aromatic heterocycles. The first-order valence-corrected chi connectivity index (χ1v) is 27.8. The Balaban J connectivity index is 1.23. The van der Waals surface area contributed by atoms with Crippen molar-refractivity contribution < 1.29 is 21.8 Å². The second-order valence-corrected chi connectivity index (χ2v) is 26.3. The number of benzene rings is 8. The molecule has 0 radical (unpaired) electrons. The number of aryl methyl sites for hydroxylation is 4. The molecule has 2 atom stereocenters. The first kappa shape index (κ1) is 39.2. The summed E-state index contributed by atoms with van der Waals surface area (Å²) in [7, 11) is -0.714. The maximum absolute atomic E-state index is 3.16. The van der Waals surface area contributed by atoms with Crippen LogP contribution in [0.2, 0.25) is 0 Å². The second-order valence-electron chi connectivity index (χ2n) is 18.0. The Hall–Kier alpha value is -5.66. The molecule has 0 bridgehead atoms. The Kier molecular flexibility index (Phi) is 9.87. The molecule has 8 aromatic carbocycles. The number of allylic oxidation sites excluding steroid dienone is 2. The SMILES string of the molecule is Cc1cc(C)c(C)c(-c2cccc3c2C=C(c2ccccc2)[CH]3[Zr]([c]2cccc3c2[SiH2]c2ccccc2-3)[CH]2C(c3ccccc3)=Cc3c(-c4cc(C)cc(C)c4C)cccc32)c1. The second kappa shape index (κ2) is 15.6. The molecule has 0 saturated carbocycles. The van der Waals surface area contributed by atoms with E-state index < -0.39 is 31.3 Å². The Morgan fingerprint density at radius 2 is 0.855 bits per heavy atom. The van der Waals surface area contributed by atoms with Crippen LogP contribution < -0.4 is 13.6 Å². The average Bonchev–Trinajstić information content (AvgIpc) is 4.00. The summed E-state index contributed by atoms with van der Waals surface area (Å²) in [6, 6.07) is 63.7. The molecular weight excluding hydrogens is 840 g/mol. The molecule has 3 aliphatic rings. The molecule has 299 valence electrons. The van der Waals surface area contributed by atoms with Crippen LogP contribution in [-0.4, -0.2) is 9.52 Å². The summed E-state index contributed by atoms with van der Waals surface area (Å²) in [5, 5.41) is 3.29. The van der Waals surface area contributed by atoms with Gasteiger partial charge in [-0.2, -0.15) is 0 Å². The molecule has 1 heterocycles. The fraction of sp³-hybridized carbons (Fsp3) is 0.133. The quantitative estimate of drug-likeness (QED) is 0.140. The van der Waals surface area contributed by atoms with Crippen molar-refractivity contribution in [3.63, 3.8) is 0 Å². The van der Waals surface area contributed by atoms with Crippen molar-refractivity contribution in [1.82, 2.24) is 0 Å². The monoisotopic (exact) mass is 889 g/mol. The predicted octanol–water partition coefficient (Wildman–Crippen LogP) is 12.8. The van der Waals surface area contributed by atoms with Gasteiger partial charge in [0.2, 0.25) is 0 Å². The molecule has 0 amide bonds. The van der Waals surface area contributed by atoms with Gasteiger partial charge < -0.3 is 0 Å². The van der Waals surface area contributed by atoms with Crippen LogP contribution in [0.1, 0.15) is 74.0 Å². The minimum atomic E-state index is -3.16. The first-order valence-electron chi connectivity index (χ1n) is 22.3. The maximum atomic E-state index is 2.63. The number of hydrogen-bond acceptors (Lipinski definition) is 0. The van der Waals surface area contributed by atoms with Crippen molar-refractivity contribution in [2.75, 3.05) is 0 Å². The topological polar surface area (TPSA) is 0 Å². The zero-order valence-electron chi connectivity index (χ0n) is 36.6. The molecule has 62 heavy (non-hydrogen) atoms. The van der Waals surface area contributed by atoms with Crippen LogP contribution in [-0.2, 0) is 21.8 Å². The molecule has 0 saturated heterocycles. The fourth-order valence-corrected chi connectivity index (χ4v) is 25.1. The van der Waals surface area contributed by atoms with E-state index in [1.807, 2.05) is 0 Å². The van der Waals surface area contributed by atoms with E-state index in [9.17, 15) is 0 Å². The van der Waals surface area contributed by atoms with E-state index in [0.29, 0.717) is 7.25 Å².